The number of carbonyl (C=O) groups excluding carboxylic acids is 1. The second kappa shape index (κ2) is 5.91. The van der Waals surface area contributed by atoms with Gasteiger partial charge in [-0.1, -0.05) is 29.8 Å². The molecule has 1 aliphatic heterocycles. The zero-order valence-corrected chi connectivity index (χ0v) is 13.9. The lowest BCUT2D eigenvalue weighted by atomic mass is 9.95. The number of anilines is 1. The molecule has 2 heterocycles. The van der Waals surface area contributed by atoms with Crippen LogP contribution in [-0.4, -0.2) is 21.6 Å². The number of aryl methyl sites for hydroxylation is 3. The molecule has 5 heteroatoms. The molecule has 0 fully saturated rings. The van der Waals surface area contributed by atoms with E-state index in [-0.39, 0.29) is 11.8 Å². The number of rotatable bonds is 3. The van der Waals surface area contributed by atoms with Gasteiger partial charge in [0, 0.05) is 17.1 Å². The molecule has 0 unspecified atom stereocenters. The Bertz CT molecular complexity index is 760. The van der Waals surface area contributed by atoms with Gasteiger partial charge in [-0.2, -0.15) is 10.1 Å². The Morgan fingerprint density at radius 1 is 1.00 bits per heavy atom. The number of amides is 1. The van der Waals surface area contributed by atoms with E-state index in [0.29, 0.717) is 12.4 Å². The zero-order chi connectivity index (χ0) is 16.6. The molecule has 23 heavy (non-hydrogen) atoms. The van der Waals surface area contributed by atoms with Gasteiger partial charge in [0.25, 0.3) is 11.9 Å². The van der Waals surface area contributed by atoms with Crippen molar-refractivity contribution in [2.24, 2.45) is 11.0 Å². The number of benzene rings is 1. The third kappa shape index (κ3) is 3.13. The topological polar surface area (TPSA) is 58.5 Å². The van der Waals surface area contributed by atoms with Crippen LogP contribution >= 0.6 is 0 Å². The van der Waals surface area contributed by atoms with Crippen LogP contribution in [0.1, 0.15) is 29.4 Å². The fourth-order valence-electron chi connectivity index (χ4n) is 2.74. The molecule has 5 nitrogen and oxygen atoms in total. The highest BCUT2D eigenvalue weighted by Crippen LogP contribution is 2.24. The van der Waals surface area contributed by atoms with Crippen molar-refractivity contribution >= 4 is 17.6 Å². The molecule has 1 aliphatic rings. The minimum atomic E-state index is -0.248. The monoisotopic (exact) mass is 308 g/mol. The van der Waals surface area contributed by atoms with Gasteiger partial charge in [-0.25, -0.2) is 9.97 Å². The molecule has 0 radical (unpaired) electrons. The third-order valence-electron chi connectivity index (χ3n) is 3.99. The summed E-state index contributed by atoms with van der Waals surface area (Å²) in [6.45, 7) is 7.72. The number of carbonyl (C=O) groups is 1. The highest BCUT2D eigenvalue weighted by molar-refractivity contribution is 6.14. The maximum Gasteiger partial charge on any atom is 0.259 e. The van der Waals surface area contributed by atoms with Crippen molar-refractivity contribution in [3.63, 3.8) is 0 Å². The van der Waals surface area contributed by atoms with E-state index in [2.05, 4.69) is 46.3 Å². The fourth-order valence-corrected chi connectivity index (χ4v) is 2.74. The number of hydrogen-bond acceptors (Lipinski definition) is 4. The summed E-state index contributed by atoms with van der Waals surface area (Å²) in [7, 11) is 0. The third-order valence-corrected chi connectivity index (χ3v) is 3.99. The van der Waals surface area contributed by atoms with Crippen molar-refractivity contribution in [3.05, 3.63) is 52.8 Å². The van der Waals surface area contributed by atoms with Crippen LogP contribution in [0.3, 0.4) is 0 Å². The maximum absolute atomic E-state index is 12.7. The summed E-state index contributed by atoms with van der Waals surface area (Å²) >= 11 is 0. The second-order valence-electron chi connectivity index (χ2n) is 6.08. The van der Waals surface area contributed by atoms with Crippen LogP contribution in [0, 0.1) is 26.7 Å². The summed E-state index contributed by atoms with van der Waals surface area (Å²) < 4.78 is 0. The zero-order valence-electron chi connectivity index (χ0n) is 13.9. The van der Waals surface area contributed by atoms with Gasteiger partial charge in [0.2, 0.25) is 0 Å². The first-order chi connectivity index (χ1) is 10.9. The van der Waals surface area contributed by atoms with E-state index in [1.54, 1.807) is 0 Å². The van der Waals surface area contributed by atoms with Crippen molar-refractivity contribution in [3.8, 4) is 0 Å². The lowest BCUT2D eigenvalue weighted by Gasteiger charge is -2.13. The van der Waals surface area contributed by atoms with Crippen LogP contribution in [0.4, 0.5) is 5.95 Å². The molecular weight excluding hydrogens is 288 g/mol. The second-order valence-corrected chi connectivity index (χ2v) is 6.08. The Balaban J connectivity index is 1.84. The molecule has 1 aromatic heterocycles. The fraction of sp³-hybridized carbons (Fsp3) is 0.333. The van der Waals surface area contributed by atoms with E-state index < -0.39 is 0 Å². The van der Waals surface area contributed by atoms with Crippen molar-refractivity contribution < 1.29 is 4.79 Å². The molecule has 1 aromatic carbocycles. The number of hydrogen-bond donors (Lipinski definition) is 0. The average molecular weight is 308 g/mol. The summed E-state index contributed by atoms with van der Waals surface area (Å²) in [6, 6.07) is 10.1. The van der Waals surface area contributed by atoms with E-state index in [0.717, 1.165) is 22.7 Å². The smallest absolute Gasteiger partial charge is 0.259 e. The Morgan fingerprint density at radius 3 is 2.22 bits per heavy atom. The lowest BCUT2D eigenvalue weighted by Crippen LogP contribution is -2.29. The van der Waals surface area contributed by atoms with Gasteiger partial charge in [-0.15, -0.1) is 0 Å². The Kier molecular flexibility index (Phi) is 3.94. The maximum atomic E-state index is 12.7. The van der Waals surface area contributed by atoms with Crippen molar-refractivity contribution in [1.29, 1.82) is 0 Å². The predicted molar refractivity (Wildman–Crippen MR) is 90.5 cm³/mol. The number of nitrogens with zero attached hydrogens (tertiary/aromatic N) is 4. The SMILES string of the molecule is CC1=NN(c2nc(C)cc(C)n2)C(=O)[C@@H]1Cc1ccc(C)cc1. The van der Waals surface area contributed by atoms with E-state index in [1.165, 1.54) is 10.6 Å². The predicted octanol–water partition coefficient (Wildman–Crippen LogP) is 2.98. The van der Waals surface area contributed by atoms with Crippen molar-refractivity contribution in [1.82, 2.24) is 9.97 Å². The quantitative estimate of drug-likeness (QED) is 0.876. The average Bonchev–Trinajstić information content (AvgIpc) is 2.76. The molecule has 1 amide bonds. The van der Waals surface area contributed by atoms with Crippen molar-refractivity contribution in [2.45, 2.75) is 34.1 Å². The normalized spacial score (nSPS) is 17.6. The van der Waals surface area contributed by atoms with Crippen LogP contribution in [0.5, 0.6) is 0 Å². The Morgan fingerprint density at radius 2 is 1.61 bits per heavy atom. The molecule has 0 bridgehead atoms. The van der Waals surface area contributed by atoms with E-state index in [1.807, 2.05) is 26.8 Å². The van der Waals surface area contributed by atoms with Crippen LogP contribution < -0.4 is 5.01 Å². The van der Waals surface area contributed by atoms with Gasteiger partial charge in [0.15, 0.2) is 0 Å². The number of aromatic nitrogens is 2. The van der Waals surface area contributed by atoms with Crippen LogP contribution in [0.15, 0.2) is 35.4 Å². The summed E-state index contributed by atoms with van der Waals surface area (Å²) in [6.07, 6.45) is 0.649. The molecule has 0 saturated carbocycles. The highest BCUT2D eigenvalue weighted by Gasteiger charge is 2.35. The standard InChI is InChI=1S/C18H20N4O/c1-11-5-7-15(8-6-11)10-16-14(4)21-22(17(16)23)18-19-12(2)9-13(3)20-18/h5-9,16H,10H2,1-4H3/t16-/m1/s1. The molecule has 0 spiro atoms. The van der Waals surface area contributed by atoms with Gasteiger partial charge in [-0.3, -0.25) is 4.79 Å². The molecule has 3 rings (SSSR count). The largest absolute Gasteiger partial charge is 0.272 e. The molecule has 118 valence electrons. The summed E-state index contributed by atoms with van der Waals surface area (Å²) in [5, 5.41) is 5.73. The van der Waals surface area contributed by atoms with Gasteiger partial charge >= 0.3 is 0 Å². The molecule has 2 aromatic rings. The van der Waals surface area contributed by atoms with E-state index in [9.17, 15) is 4.79 Å². The summed E-state index contributed by atoms with van der Waals surface area (Å²) in [4.78, 5) is 21.4. The van der Waals surface area contributed by atoms with Gasteiger partial charge < -0.3 is 0 Å². The first-order valence-electron chi connectivity index (χ1n) is 7.71. The van der Waals surface area contributed by atoms with E-state index in [4.69, 9.17) is 0 Å². The van der Waals surface area contributed by atoms with Gasteiger partial charge in [0.1, 0.15) is 0 Å². The molecule has 0 N–H and O–H groups in total. The van der Waals surface area contributed by atoms with Gasteiger partial charge in [-0.05, 0) is 45.7 Å². The molecule has 0 saturated heterocycles. The Labute approximate surface area is 136 Å². The summed E-state index contributed by atoms with van der Waals surface area (Å²) in [5.74, 6) is 0.0495. The first-order valence-corrected chi connectivity index (χ1v) is 7.71. The number of hydrazone groups is 1. The summed E-state index contributed by atoms with van der Waals surface area (Å²) in [5.41, 5.74) is 4.80. The highest BCUT2D eigenvalue weighted by atomic mass is 16.2. The van der Waals surface area contributed by atoms with Crippen LogP contribution in [0.2, 0.25) is 0 Å². The van der Waals surface area contributed by atoms with E-state index >= 15 is 0 Å². The first kappa shape index (κ1) is 15.3. The molecule has 0 aliphatic carbocycles. The van der Waals surface area contributed by atoms with Gasteiger partial charge in [0.05, 0.1) is 5.92 Å². The van der Waals surface area contributed by atoms with Crippen LogP contribution in [-0.2, 0) is 11.2 Å². The minimum absolute atomic E-state index is 0.0620. The van der Waals surface area contributed by atoms with Crippen LogP contribution in [0.25, 0.3) is 0 Å². The Hall–Kier alpha value is -2.56. The lowest BCUT2D eigenvalue weighted by molar-refractivity contribution is -0.119. The molecule has 1 atom stereocenters. The molecular formula is C18H20N4O. The van der Waals surface area contributed by atoms with Crippen molar-refractivity contribution in [2.75, 3.05) is 5.01 Å². The minimum Gasteiger partial charge on any atom is -0.272 e.